The van der Waals surface area contributed by atoms with Crippen LogP contribution in [0.25, 0.3) is 16.7 Å². The molecular weight excluding hydrogens is 294 g/mol. The van der Waals surface area contributed by atoms with Crippen LogP contribution < -0.4 is 5.32 Å². The van der Waals surface area contributed by atoms with Gasteiger partial charge in [-0.1, -0.05) is 38.1 Å². The zero-order valence-corrected chi connectivity index (χ0v) is 14.8. The molecule has 0 spiro atoms. The first-order valence-electron chi connectivity index (χ1n) is 7.65. The van der Waals surface area contributed by atoms with Gasteiger partial charge in [0, 0.05) is 23.5 Å². The number of para-hydroxylation sites is 1. The number of fused-ring (bicyclic) bond motifs is 1. The second kappa shape index (κ2) is 6.57. The first kappa shape index (κ1) is 16.6. The first-order chi connectivity index (χ1) is 10.4. The van der Waals surface area contributed by atoms with Crippen LogP contribution in [0.3, 0.4) is 0 Å². The van der Waals surface area contributed by atoms with E-state index in [1.165, 1.54) is 5.57 Å². The van der Waals surface area contributed by atoms with Crippen LogP contribution in [0.4, 0.5) is 0 Å². The topological polar surface area (TPSA) is 29.9 Å². The number of hydrogen-bond acceptors (Lipinski definition) is 2. The monoisotopic (exact) mass is 317 g/mol. The molecule has 2 rings (SSSR count). The molecule has 4 heteroatoms. The number of imidazole rings is 1. The molecule has 0 fully saturated rings. The van der Waals surface area contributed by atoms with E-state index in [0.717, 1.165) is 34.5 Å². The van der Waals surface area contributed by atoms with E-state index >= 15 is 0 Å². The summed E-state index contributed by atoms with van der Waals surface area (Å²) in [4.78, 5) is 4.50. The number of benzene rings is 1. The summed E-state index contributed by atoms with van der Waals surface area (Å²) in [5.41, 5.74) is 6.23. The molecule has 3 nitrogen and oxygen atoms in total. The fourth-order valence-electron chi connectivity index (χ4n) is 2.49. The number of nitrogens with one attached hydrogen (secondary N) is 1. The van der Waals surface area contributed by atoms with E-state index in [1.54, 1.807) is 0 Å². The van der Waals surface area contributed by atoms with Gasteiger partial charge in [0.15, 0.2) is 0 Å². The maximum atomic E-state index is 6.23. The van der Waals surface area contributed by atoms with Gasteiger partial charge in [0.25, 0.3) is 0 Å². The van der Waals surface area contributed by atoms with Gasteiger partial charge in [-0.05, 0) is 44.4 Å². The largest absolute Gasteiger partial charge is 0.359 e. The Balaban J connectivity index is 2.43. The molecule has 0 bridgehead atoms. The van der Waals surface area contributed by atoms with E-state index in [1.807, 2.05) is 22.8 Å². The third-order valence-corrected chi connectivity index (χ3v) is 4.46. The van der Waals surface area contributed by atoms with Crippen molar-refractivity contribution in [3.8, 4) is 0 Å². The van der Waals surface area contributed by atoms with Crippen molar-refractivity contribution >= 4 is 28.3 Å². The van der Waals surface area contributed by atoms with Gasteiger partial charge in [0.2, 0.25) is 5.28 Å². The summed E-state index contributed by atoms with van der Waals surface area (Å²) >= 11 is 6.23. The van der Waals surface area contributed by atoms with Gasteiger partial charge in [-0.15, -0.1) is 0 Å². The van der Waals surface area contributed by atoms with Gasteiger partial charge in [-0.25, -0.2) is 4.98 Å². The molecule has 22 heavy (non-hydrogen) atoms. The lowest BCUT2D eigenvalue weighted by molar-refractivity contribution is 0.745. The number of aromatic nitrogens is 2. The first-order valence-corrected chi connectivity index (χ1v) is 8.03. The Morgan fingerprint density at radius 2 is 2.05 bits per heavy atom. The van der Waals surface area contributed by atoms with Crippen LogP contribution in [0, 0.1) is 5.92 Å². The molecule has 1 aromatic carbocycles. The Kier molecular flexibility index (Phi) is 4.97. The SMILES string of the molecule is C=C(N/C(C)=C(\C)C(C)C)c1cccc2c1nc(Cl)n2CC. The summed E-state index contributed by atoms with van der Waals surface area (Å²) in [6, 6.07) is 6.08. The van der Waals surface area contributed by atoms with Gasteiger partial charge >= 0.3 is 0 Å². The van der Waals surface area contributed by atoms with Crippen LogP contribution in [0.2, 0.25) is 5.28 Å². The standard InChI is InChI=1S/C18H24ClN3/c1-7-22-16-10-8-9-15(17(16)21-18(22)19)14(6)20-13(5)12(4)11(2)3/h8-11,20H,6-7H2,1-5H3/b13-12+. The Hall–Kier alpha value is -1.74. The molecule has 0 radical (unpaired) electrons. The highest BCUT2D eigenvalue weighted by molar-refractivity contribution is 6.29. The Morgan fingerprint density at radius 1 is 1.36 bits per heavy atom. The van der Waals surface area contributed by atoms with Crippen molar-refractivity contribution in [2.75, 3.05) is 0 Å². The maximum absolute atomic E-state index is 6.23. The second-order valence-corrected chi connectivity index (χ2v) is 6.20. The quantitative estimate of drug-likeness (QED) is 0.819. The molecule has 0 saturated heterocycles. The smallest absolute Gasteiger partial charge is 0.203 e. The summed E-state index contributed by atoms with van der Waals surface area (Å²) < 4.78 is 2.00. The van der Waals surface area contributed by atoms with Crippen molar-refractivity contribution in [1.29, 1.82) is 0 Å². The van der Waals surface area contributed by atoms with Crippen LogP contribution in [0.1, 0.15) is 40.2 Å². The number of allylic oxidation sites excluding steroid dienone is 2. The lowest BCUT2D eigenvalue weighted by atomic mass is 10.0. The van der Waals surface area contributed by atoms with Gasteiger partial charge in [-0.3, -0.25) is 0 Å². The van der Waals surface area contributed by atoms with Crippen LogP contribution in [0.5, 0.6) is 0 Å². The lowest BCUT2D eigenvalue weighted by Gasteiger charge is -2.16. The van der Waals surface area contributed by atoms with Crippen molar-refractivity contribution in [3.63, 3.8) is 0 Å². The van der Waals surface area contributed by atoms with Crippen molar-refractivity contribution in [1.82, 2.24) is 14.9 Å². The fourth-order valence-corrected chi connectivity index (χ4v) is 2.78. The molecule has 2 aromatic rings. The van der Waals surface area contributed by atoms with E-state index in [9.17, 15) is 0 Å². The Bertz CT molecular complexity index is 738. The van der Waals surface area contributed by atoms with Crippen LogP contribution >= 0.6 is 11.6 Å². The number of nitrogens with zero attached hydrogens (tertiary/aromatic N) is 2. The Labute approximate surface area is 137 Å². The van der Waals surface area contributed by atoms with Crippen molar-refractivity contribution in [2.45, 2.75) is 41.2 Å². The molecule has 1 heterocycles. The minimum absolute atomic E-state index is 0.504. The summed E-state index contributed by atoms with van der Waals surface area (Å²) in [7, 11) is 0. The van der Waals surface area contributed by atoms with E-state index in [-0.39, 0.29) is 0 Å². The van der Waals surface area contributed by atoms with Gasteiger partial charge < -0.3 is 9.88 Å². The zero-order valence-electron chi connectivity index (χ0n) is 14.0. The zero-order chi connectivity index (χ0) is 16.4. The van der Waals surface area contributed by atoms with Gasteiger partial charge in [-0.2, -0.15) is 0 Å². The molecule has 0 saturated carbocycles. The van der Waals surface area contributed by atoms with E-state index in [0.29, 0.717) is 11.2 Å². The minimum Gasteiger partial charge on any atom is -0.359 e. The molecule has 118 valence electrons. The third-order valence-electron chi connectivity index (χ3n) is 4.17. The Morgan fingerprint density at radius 3 is 2.64 bits per heavy atom. The average molecular weight is 318 g/mol. The van der Waals surface area contributed by atoms with Gasteiger partial charge in [0.05, 0.1) is 11.0 Å². The lowest BCUT2D eigenvalue weighted by Crippen LogP contribution is -2.12. The minimum atomic E-state index is 0.504. The van der Waals surface area contributed by atoms with E-state index in [2.05, 4.69) is 51.5 Å². The van der Waals surface area contributed by atoms with E-state index in [4.69, 9.17) is 11.6 Å². The highest BCUT2D eigenvalue weighted by Crippen LogP contribution is 2.26. The molecule has 1 aromatic heterocycles. The van der Waals surface area contributed by atoms with Crippen LogP contribution in [0.15, 0.2) is 36.0 Å². The fraction of sp³-hybridized carbons (Fsp3) is 0.389. The normalized spacial score (nSPS) is 12.7. The number of halogens is 1. The molecule has 0 aliphatic carbocycles. The number of hydrogen-bond donors (Lipinski definition) is 1. The third kappa shape index (κ3) is 3.05. The number of aryl methyl sites for hydroxylation is 1. The highest BCUT2D eigenvalue weighted by atomic mass is 35.5. The molecule has 1 N–H and O–H groups in total. The second-order valence-electron chi connectivity index (χ2n) is 5.86. The van der Waals surface area contributed by atoms with Crippen molar-refractivity contribution in [3.05, 3.63) is 46.9 Å². The summed E-state index contributed by atoms with van der Waals surface area (Å²) in [5.74, 6) is 0.504. The maximum Gasteiger partial charge on any atom is 0.203 e. The molecule has 0 unspecified atom stereocenters. The van der Waals surface area contributed by atoms with Crippen LogP contribution in [-0.4, -0.2) is 9.55 Å². The predicted octanol–water partition coefficient (Wildman–Crippen LogP) is 5.22. The van der Waals surface area contributed by atoms with Crippen molar-refractivity contribution < 1.29 is 0 Å². The molecule has 0 aliphatic heterocycles. The van der Waals surface area contributed by atoms with Crippen molar-refractivity contribution in [2.24, 2.45) is 5.92 Å². The van der Waals surface area contributed by atoms with E-state index < -0.39 is 0 Å². The summed E-state index contributed by atoms with van der Waals surface area (Å²) in [5, 5.41) is 3.93. The number of rotatable bonds is 5. The molecule has 0 atom stereocenters. The summed E-state index contributed by atoms with van der Waals surface area (Å²) in [6.45, 7) is 15.6. The average Bonchev–Trinajstić information content (AvgIpc) is 2.80. The predicted molar refractivity (Wildman–Crippen MR) is 95.8 cm³/mol. The highest BCUT2D eigenvalue weighted by Gasteiger charge is 2.13. The molecule has 0 aliphatic rings. The molecule has 0 amide bonds. The van der Waals surface area contributed by atoms with Gasteiger partial charge in [0.1, 0.15) is 0 Å². The summed E-state index contributed by atoms with van der Waals surface area (Å²) in [6.07, 6.45) is 0. The molecular formula is C18H24ClN3. The van der Waals surface area contributed by atoms with Crippen LogP contribution in [-0.2, 0) is 6.54 Å².